The molecule has 1 aliphatic heterocycles. The van der Waals surface area contributed by atoms with Crippen molar-refractivity contribution < 1.29 is 4.79 Å². The fourth-order valence-electron chi connectivity index (χ4n) is 4.28. The molecule has 1 aromatic carbocycles. The zero-order valence-electron chi connectivity index (χ0n) is 19.4. The summed E-state index contributed by atoms with van der Waals surface area (Å²) in [5, 5.41) is 13.3. The number of piperazine rings is 1. The molecule has 0 bridgehead atoms. The number of benzene rings is 1. The van der Waals surface area contributed by atoms with Crippen LogP contribution in [0.15, 0.2) is 24.3 Å². The predicted molar refractivity (Wildman–Crippen MR) is 123 cm³/mol. The first-order valence-corrected chi connectivity index (χ1v) is 11.4. The molecule has 6 nitrogen and oxygen atoms in total. The Morgan fingerprint density at radius 1 is 1.13 bits per heavy atom. The van der Waals surface area contributed by atoms with E-state index in [0.717, 1.165) is 49.7 Å². The van der Waals surface area contributed by atoms with E-state index < -0.39 is 0 Å². The highest BCUT2D eigenvalue weighted by atomic mass is 16.2. The molecule has 6 heteroatoms. The first-order valence-electron chi connectivity index (χ1n) is 11.4. The van der Waals surface area contributed by atoms with Crippen LogP contribution in [-0.4, -0.2) is 51.7 Å². The molecule has 0 aliphatic carbocycles. The van der Waals surface area contributed by atoms with Gasteiger partial charge in [0.15, 0.2) is 0 Å². The molecular formula is C25H35N5O. The van der Waals surface area contributed by atoms with Gasteiger partial charge < -0.3 is 4.90 Å². The van der Waals surface area contributed by atoms with Gasteiger partial charge >= 0.3 is 0 Å². The first-order chi connectivity index (χ1) is 14.9. The summed E-state index contributed by atoms with van der Waals surface area (Å²) in [6.07, 6.45) is 1.68. The molecule has 1 saturated heterocycles. The number of hydrogen-bond acceptors (Lipinski definition) is 4. The van der Waals surface area contributed by atoms with E-state index in [2.05, 4.69) is 54.2 Å². The Hall–Kier alpha value is -2.65. The van der Waals surface area contributed by atoms with Gasteiger partial charge in [-0.15, -0.1) is 0 Å². The summed E-state index contributed by atoms with van der Waals surface area (Å²) >= 11 is 0. The fourth-order valence-corrected chi connectivity index (χ4v) is 4.28. The Morgan fingerprint density at radius 2 is 1.81 bits per heavy atom. The summed E-state index contributed by atoms with van der Waals surface area (Å²) in [6, 6.07) is 11.1. The minimum absolute atomic E-state index is 0.226. The standard InChI is InChI=1S/C25H35N5O/c1-19(2)23-8-6-22(7-9-23)18-28-14-16-29(17-15-28)25(31)11-10-24-20(3)27-30(21(24)4)13-5-12-26/h6-9,19H,5,10-11,13-18H2,1-4H3. The normalized spacial score (nSPS) is 14.8. The van der Waals surface area contributed by atoms with Crippen LogP contribution in [0.5, 0.6) is 0 Å². The maximum atomic E-state index is 12.8. The number of rotatable bonds is 8. The molecule has 0 atom stereocenters. The van der Waals surface area contributed by atoms with Crippen LogP contribution >= 0.6 is 0 Å². The summed E-state index contributed by atoms with van der Waals surface area (Å²) in [5.74, 6) is 0.785. The summed E-state index contributed by atoms with van der Waals surface area (Å²) in [6.45, 7) is 13.4. The Kier molecular flexibility index (Phi) is 7.86. The van der Waals surface area contributed by atoms with Crippen molar-refractivity contribution in [2.45, 2.75) is 66.0 Å². The Bertz CT molecular complexity index is 915. The van der Waals surface area contributed by atoms with Gasteiger partial charge in [0.25, 0.3) is 0 Å². The Balaban J connectivity index is 1.46. The number of carbonyl (C=O) groups excluding carboxylic acids is 1. The van der Waals surface area contributed by atoms with Gasteiger partial charge in [-0.25, -0.2) is 0 Å². The topological polar surface area (TPSA) is 65.2 Å². The van der Waals surface area contributed by atoms with E-state index in [1.165, 1.54) is 11.1 Å². The van der Waals surface area contributed by atoms with Crippen molar-refractivity contribution in [3.63, 3.8) is 0 Å². The number of amides is 1. The Morgan fingerprint density at radius 3 is 2.42 bits per heavy atom. The molecule has 0 radical (unpaired) electrons. The lowest BCUT2D eigenvalue weighted by Crippen LogP contribution is -2.48. The third-order valence-electron chi connectivity index (χ3n) is 6.33. The van der Waals surface area contributed by atoms with Gasteiger partial charge in [-0.1, -0.05) is 38.1 Å². The number of carbonyl (C=O) groups is 1. The number of nitrogens with zero attached hydrogens (tertiary/aromatic N) is 5. The zero-order chi connectivity index (χ0) is 22.4. The average molecular weight is 422 g/mol. The second kappa shape index (κ2) is 10.6. The van der Waals surface area contributed by atoms with Crippen LogP contribution in [0.25, 0.3) is 0 Å². The van der Waals surface area contributed by atoms with E-state index in [1.54, 1.807) is 0 Å². The Labute approximate surface area is 186 Å². The van der Waals surface area contributed by atoms with Crippen molar-refractivity contribution in [2.24, 2.45) is 0 Å². The zero-order valence-corrected chi connectivity index (χ0v) is 19.4. The molecule has 1 fully saturated rings. The van der Waals surface area contributed by atoms with Crippen LogP contribution < -0.4 is 0 Å². The maximum Gasteiger partial charge on any atom is 0.222 e. The molecular weight excluding hydrogens is 386 g/mol. The van der Waals surface area contributed by atoms with Crippen molar-refractivity contribution in [3.8, 4) is 6.07 Å². The lowest BCUT2D eigenvalue weighted by molar-refractivity contribution is -0.133. The van der Waals surface area contributed by atoms with Gasteiger partial charge in [0.2, 0.25) is 5.91 Å². The lowest BCUT2D eigenvalue weighted by atomic mass is 10.0. The molecule has 2 aromatic rings. The third-order valence-corrected chi connectivity index (χ3v) is 6.33. The summed E-state index contributed by atoms with van der Waals surface area (Å²) < 4.78 is 1.89. The second-order valence-corrected chi connectivity index (χ2v) is 8.83. The third kappa shape index (κ3) is 5.95. The highest BCUT2D eigenvalue weighted by Crippen LogP contribution is 2.18. The molecule has 2 heterocycles. The highest BCUT2D eigenvalue weighted by Gasteiger charge is 2.22. The van der Waals surface area contributed by atoms with Gasteiger partial charge in [0.1, 0.15) is 0 Å². The van der Waals surface area contributed by atoms with Crippen LogP contribution in [0.1, 0.15) is 60.7 Å². The summed E-state index contributed by atoms with van der Waals surface area (Å²) in [7, 11) is 0. The molecule has 0 spiro atoms. The minimum atomic E-state index is 0.226. The quantitative estimate of drug-likeness (QED) is 0.650. The molecule has 1 aromatic heterocycles. The number of aryl methyl sites for hydroxylation is 2. The number of hydrogen-bond donors (Lipinski definition) is 0. The van der Waals surface area contributed by atoms with Crippen LogP contribution in [-0.2, 0) is 24.3 Å². The maximum absolute atomic E-state index is 12.8. The van der Waals surface area contributed by atoms with Crippen molar-refractivity contribution >= 4 is 5.91 Å². The van der Waals surface area contributed by atoms with Gasteiger partial charge in [-0.2, -0.15) is 10.4 Å². The summed E-state index contributed by atoms with van der Waals surface area (Å²) in [5.41, 5.74) is 5.91. The molecule has 3 rings (SSSR count). The van der Waals surface area contributed by atoms with E-state index in [-0.39, 0.29) is 5.91 Å². The van der Waals surface area contributed by atoms with Gasteiger partial charge in [0, 0.05) is 44.8 Å². The molecule has 1 amide bonds. The van der Waals surface area contributed by atoms with Crippen LogP contribution in [0.3, 0.4) is 0 Å². The van der Waals surface area contributed by atoms with Gasteiger partial charge in [0.05, 0.1) is 24.7 Å². The highest BCUT2D eigenvalue weighted by molar-refractivity contribution is 5.76. The average Bonchev–Trinajstić information content (AvgIpc) is 3.04. The number of nitriles is 1. The van der Waals surface area contributed by atoms with Crippen molar-refractivity contribution in [1.29, 1.82) is 5.26 Å². The van der Waals surface area contributed by atoms with E-state index in [1.807, 2.05) is 23.4 Å². The van der Waals surface area contributed by atoms with Crippen LogP contribution in [0.2, 0.25) is 0 Å². The fraction of sp³-hybridized carbons (Fsp3) is 0.560. The van der Waals surface area contributed by atoms with Gasteiger partial charge in [-0.05, 0) is 42.9 Å². The largest absolute Gasteiger partial charge is 0.340 e. The molecule has 0 unspecified atom stereocenters. The van der Waals surface area contributed by atoms with Crippen molar-refractivity contribution in [3.05, 3.63) is 52.3 Å². The molecule has 0 saturated carbocycles. The molecule has 166 valence electrons. The predicted octanol–water partition coefficient (Wildman–Crippen LogP) is 3.81. The molecule has 0 N–H and O–H groups in total. The second-order valence-electron chi connectivity index (χ2n) is 8.83. The van der Waals surface area contributed by atoms with E-state index >= 15 is 0 Å². The summed E-state index contributed by atoms with van der Waals surface area (Å²) in [4.78, 5) is 17.2. The molecule has 31 heavy (non-hydrogen) atoms. The monoisotopic (exact) mass is 421 g/mol. The number of aromatic nitrogens is 2. The minimum Gasteiger partial charge on any atom is -0.340 e. The van der Waals surface area contributed by atoms with E-state index in [9.17, 15) is 4.79 Å². The van der Waals surface area contributed by atoms with E-state index in [0.29, 0.717) is 31.7 Å². The van der Waals surface area contributed by atoms with Crippen molar-refractivity contribution in [2.75, 3.05) is 26.2 Å². The lowest BCUT2D eigenvalue weighted by Gasteiger charge is -2.35. The molecule has 1 aliphatic rings. The first kappa shape index (κ1) is 23.0. The van der Waals surface area contributed by atoms with Crippen LogP contribution in [0.4, 0.5) is 0 Å². The van der Waals surface area contributed by atoms with Crippen LogP contribution in [0, 0.1) is 25.2 Å². The smallest absolute Gasteiger partial charge is 0.222 e. The SMILES string of the molecule is Cc1nn(CCC#N)c(C)c1CCC(=O)N1CCN(Cc2ccc(C(C)C)cc2)CC1. The van der Waals surface area contributed by atoms with Crippen molar-refractivity contribution in [1.82, 2.24) is 19.6 Å². The van der Waals surface area contributed by atoms with E-state index in [4.69, 9.17) is 5.26 Å². The van der Waals surface area contributed by atoms with Gasteiger partial charge in [-0.3, -0.25) is 14.4 Å².